The van der Waals surface area contributed by atoms with Crippen LogP contribution in [0.15, 0.2) is 0 Å². The number of hydrogen-bond donors (Lipinski definition) is 3. The van der Waals surface area contributed by atoms with Gasteiger partial charge in [-0.05, 0) is 20.3 Å². The van der Waals surface area contributed by atoms with Crippen molar-refractivity contribution in [3.8, 4) is 0 Å². The van der Waals surface area contributed by atoms with Crippen molar-refractivity contribution in [3.63, 3.8) is 0 Å². The Morgan fingerprint density at radius 1 is 1.50 bits per heavy atom. The van der Waals surface area contributed by atoms with Crippen LogP contribution in [0.5, 0.6) is 0 Å². The number of piperazine rings is 1. The van der Waals surface area contributed by atoms with Crippen LogP contribution < -0.4 is 21.3 Å². The van der Waals surface area contributed by atoms with Crippen LogP contribution in [-0.4, -0.2) is 42.6 Å². The Morgan fingerprint density at radius 2 is 2.15 bits per heavy atom. The topological polar surface area (TPSA) is 83.3 Å². The predicted octanol–water partition coefficient (Wildman–Crippen LogP) is 1.05. The molecule has 2 heterocycles. The molecule has 0 aliphatic carbocycles. The maximum absolute atomic E-state index is 12.3. The van der Waals surface area contributed by atoms with E-state index in [0.717, 1.165) is 37.7 Å². The van der Waals surface area contributed by atoms with Crippen LogP contribution in [0.1, 0.15) is 36.9 Å². The van der Waals surface area contributed by atoms with E-state index in [1.807, 2.05) is 20.8 Å². The molecule has 0 bridgehead atoms. The van der Waals surface area contributed by atoms with Gasteiger partial charge in [-0.15, -0.1) is 0 Å². The molecule has 20 heavy (non-hydrogen) atoms. The van der Waals surface area contributed by atoms with Gasteiger partial charge in [-0.1, -0.05) is 18.3 Å². The standard InChI is InChI=1S/C13H23N5OS/c1-4-13(2,3)17-11(19)9-10(14)16-12(20-9)18-7-5-15-6-8-18/h15H,4-8,14H2,1-3H3,(H,17,19). The van der Waals surface area contributed by atoms with Crippen molar-refractivity contribution in [1.29, 1.82) is 0 Å². The summed E-state index contributed by atoms with van der Waals surface area (Å²) in [6, 6.07) is 0. The Kier molecular flexibility index (Phi) is 4.49. The van der Waals surface area contributed by atoms with Crippen LogP contribution in [0.3, 0.4) is 0 Å². The maximum atomic E-state index is 12.3. The van der Waals surface area contributed by atoms with Gasteiger partial charge >= 0.3 is 0 Å². The molecular weight excluding hydrogens is 274 g/mol. The van der Waals surface area contributed by atoms with Gasteiger partial charge in [0.05, 0.1) is 0 Å². The number of hydrogen-bond acceptors (Lipinski definition) is 6. The molecule has 1 amide bonds. The third-order valence-corrected chi connectivity index (χ3v) is 4.70. The second kappa shape index (κ2) is 5.97. The van der Waals surface area contributed by atoms with Crippen molar-refractivity contribution < 1.29 is 4.79 Å². The second-order valence-electron chi connectivity index (χ2n) is 5.64. The summed E-state index contributed by atoms with van der Waals surface area (Å²) in [6.45, 7) is 9.71. The van der Waals surface area contributed by atoms with Crippen molar-refractivity contribution in [1.82, 2.24) is 15.6 Å². The van der Waals surface area contributed by atoms with Gasteiger partial charge in [-0.25, -0.2) is 4.98 Å². The van der Waals surface area contributed by atoms with E-state index >= 15 is 0 Å². The van der Waals surface area contributed by atoms with Crippen molar-refractivity contribution in [2.24, 2.45) is 0 Å². The van der Waals surface area contributed by atoms with E-state index in [-0.39, 0.29) is 11.4 Å². The van der Waals surface area contributed by atoms with E-state index in [9.17, 15) is 4.79 Å². The molecule has 112 valence electrons. The summed E-state index contributed by atoms with van der Waals surface area (Å²) >= 11 is 1.38. The number of thiazole rings is 1. The summed E-state index contributed by atoms with van der Waals surface area (Å²) in [6.07, 6.45) is 0.863. The zero-order valence-electron chi connectivity index (χ0n) is 12.3. The lowest BCUT2D eigenvalue weighted by Gasteiger charge is -2.26. The fraction of sp³-hybridized carbons (Fsp3) is 0.692. The minimum atomic E-state index is -0.233. The van der Waals surface area contributed by atoms with Gasteiger partial charge in [0.25, 0.3) is 5.91 Å². The third-order valence-electron chi connectivity index (χ3n) is 3.57. The zero-order valence-corrected chi connectivity index (χ0v) is 13.1. The Labute approximate surface area is 123 Å². The van der Waals surface area contributed by atoms with E-state index in [4.69, 9.17) is 5.73 Å². The van der Waals surface area contributed by atoms with Crippen LogP contribution in [0, 0.1) is 0 Å². The third kappa shape index (κ3) is 3.40. The molecule has 1 aliphatic rings. The molecule has 1 fully saturated rings. The Morgan fingerprint density at radius 3 is 2.75 bits per heavy atom. The Bertz CT molecular complexity index is 479. The molecule has 1 aromatic heterocycles. The lowest BCUT2D eigenvalue weighted by Crippen LogP contribution is -2.43. The fourth-order valence-corrected chi connectivity index (χ4v) is 2.86. The smallest absolute Gasteiger partial charge is 0.265 e. The normalized spacial score (nSPS) is 16.2. The summed E-state index contributed by atoms with van der Waals surface area (Å²) in [7, 11) is 0. The minimum absolute atomic E-state index is 0.131. The Balaban J connectivity index is 2.12. The number of amides is 1. The molecular formula is C13H23N5OS. The first-order valence-electron chi connectivity index (χ1n) is 6.97. The molecule has 0 radical (unpaired) electrons. The Hall–Kier alpha value is -1.34. The first-order valence-corrected chi connectivity index (χ1v) is 7.79. The van der Waals surface area contributed by atoms with E-state index < -0.39 is 0 Å². The molecule has 7 heteroatoms. The van der Waals surface area contributed by atoms with Crippen molar-refractivity contribution in [2.45, 2.75) is 32.7 Å². The quantitative estimate of drug-likeness (QED) is 0.774. The average molecular weight is 297 g/mol. The van der Waals surface area contributed by atoms with Crippen LogP contribution in [-0.2, 0) is 0 Å². The lowest BCUT2D eigenvalue weighted by molar-refractivity contribution is 0.0916. The average Bonchev–Trinajstić information content (AvgIpc) is 2.81. The molecule has 1 saturated heterocycles. The van der Waals surface area contributed by atoms with Crippen LogP contribution in [0.25, 0.3) is 0 Å². The number of aromatic nitrogens is 1. The number of nitrogens with zero attached hydrogens (tertiary/aromatic N) is 2. The molecule has 1 aliphatic heterocycles. The summed E-state index contributed by atoms with van der Waals surface area (Å²) < 4.78 is 0. The highest BCUT2D eigenvalue weighted by molar-refractivity contribution is 7.18. The molecule has 1 aromatic rings. The molecule has 4 N–H and O–H groups in total. The van der Waals surface area contributed by atoms with Gasteiger partial charge in [0.2, 0.25) is 0 Å². The molecule has 0 saturated carbocycles. The van der Waals surface area contributed by atoms with Crippen LogP contribution in [0.4, 0.5) is 10.9 Å². The van der Waals surface area contributed by atoms with Gasteiger partial charge in [-0.2, -0.15) is 0 Å². The lowest BCUT2D eigenvalue weighted by atomic mass is 10.0. The summed E-state index contributed by atoms with van der Waals surface area (Å²) in [5.41, 5.74) is 5.67. The van der Waals surface area contributed by atoms with Crippen molar-refractivity contribution in [2.75, 3.05) is 36.8 Å². The van der Waals surface area contributed by atoms with Gasteiger partial charge in [0.15, 0.2) is 5.13 Å². The second-order valence-corrected chi connectivity index (χ2v) is 6.62. The minimum Gasteiger partial charge on any atom is -0.382 e. The fourth-order valence-electron chi connectivity index (χ4n) is 1.93. The van der Waals surface area contributed by atoms with Crippen molar-refractivity contribution in [3.05, 3.63) is 4.88 Å². The van der Waals surface area contributed by atoms with Gasteiger partial charge < -0.3 is 21.3 Å². The number of carbonyl (C=O) groups excluding carboxylic acids is 1. The number of rotatable bonds is 4. The van der Waals surface area contributed by atoms with Gasteiger partial charge in [-0.3, -0.25) is 4.79 Å². The van der Waals surface area contributed by atoms with Crippen LogP contribution >= 0.6 is 11.3 Å². The highest BCUT2D eigenvalue weighted by atomic mass is 32.1. The number of nitrogens with one attached hydrogen (secondary N) is 2. The molecule has 0 unspecified atom stereocenters. The SMILES string of the molecule is CCC(C)(C)NC(=O)c1sc(N2CCNCC2)nc1N. The maximum Gasteiger partial charge on any atom is 0.265 e. The molecule has 0 atom stereocenters. The largest absolute Gasteiger partial charge is 0.382 e. The summed E-state index contributed by atoms with van der Waals surface area (Å²) in [4.78, 5) is 19.3. The van der Waals surface area contributed by atoms with Gasteiger partial charge in [0.1, 0.15) is 10.7 Å². The van der Waals surface area contributed by atoms with E-state index in [1.165, 1.54) is 11.3 Å². The monoisotopic (exact) mass is 297 g/mol. The number of carbonyl (C=O) groups is 1. The van der Waals surface area contributed by atoms with Gasteiger partial charge in [0, 0.05) is 31.7 Å². The number of nitrogen functional groups attached to an aromatic ring is 1. The first-order chi connectivity index (χ1) is 9.43. The summed E-state index contributed by atoms with van der Waals surface area (Å²) in [5.74, 6) is 0.196. The van der Waals surface area contributed by atoms with Crippen LogP contribution in [0.2, 0.25) is 0 Å². The first kappa shape index (κ1) is 15.1. The van der Waals surface area contributed by atoms with E-state index in [1.54, 1.807) is 0 Å². The molecule has 0 aromatic carbocycles. The van der Waals surface area contributed by atoms with E-state index in [2.05, 4.69) is 20.5 Å². The number of nitrogens with two attached hydrogens (primary N) is 1. The predicted molar refractivity (Wildman–Crippen MR) is 83.4 cm³/mol. The summed E-state index contributed by atoms with van der Waals surface area (Å²) in [5, 5.41) is 7.13. The zero-order chi connectivity index (χ0) is 14.8. The highest BCUT2D eigenvalue weighted by Crippen LogP contribution is 2.28. The van der Waals surface area contributed by atoms with E-state index in [0.29, 0.717) is 10.7 Å². The van der Waals surface area contributed by atoms with Crippen molar-refractivity contribution >= 4 is 28.2 Å². The molecule has 0 spiro atoms. The molecule has 6 nitrogen and oxygen atoms in total. The molecule has 2 rings (SSSR count). The number of anilines is 2. The highest BCUT2D eigenvalue weighted by Gasteiger charge is 2.24.